The fourth-order valence-electron chi connectivity index (χ4n) is 2.41. The van der Waals surface area contributed by atoms with Crippen molar-refractivity contribution in [1.29, 1.82) is 0 Å². The van der Waals surface area contributed by atoms with E-state index in [4.69, 9.17) is 4.74 Å². The van der Waals surface area contributed by atoms with Crippen molar-refractivity contribution in [3.63, 3.8) is 0 Å². The van der Waals surface area contributed by atoms with Crippen LogP contribution in [-0.4, -0.2) is 38.8 Å². The molecule has 0 saturated heterocycles. The molecule has 1 aromatic carbocycles. The first kappa shape index (κ1) is 14.9. The number of rotatable bonds is 7. The Morgan fingerprint density at radius 3 is 2.95 bits per heavy atom. The van der Waals surface area contributed by atoms with E-state index < -0.39 is 0 Å². The summed E-state index contributed by atoms with van der Waals surface area (Å²) < 4.78 is 18.0. The lowest BCUT2D eigenvalue weighted by Crippen LogP contribution is -2.45. The highest BCUT2D eigenvalue weighted by molar-refractivity contribution is 5.78. The van der Waals surface area contributed by atoms with E-state index in [1.807, 2.05) is 6.07 Å². The normalized spacial score (nSPS) is 21.3. The largest absolute Gasteiger partial charge is 0.383 e. The van der Waals surface area contributed by atoms with Gasteiger partial charge in [-0.25, -0.2) is 4.39 Å². The smallest absolute Gasteiger partial charge is 0.234 e. The molecule has 2 rings (SSSR count). The quantitative estimate of drug-likeness (QED) is 0.743. The lowest BCUT2D eigenvalue weighted by Gasteiger charge is -2.36. The molecule has 0 aliphatic heterocycles. The summed E-state index contributed by atoms with van der Waals surface area (Å²) in [6.07, 6.45) is 1.91. The van der Waals surface area contributed by atoms with E-state index in [1.165, 1.54) is 6.07 Å². The summed E-state index contributed by atoms with van der Waals surface area (Å²) in [6, 6.07) is 7.10. The molecule has 0 radical (unpaired) electrons. The first-order chi connectivity index (χ1) is 9.69. The predicted molar refractivity (Wildman–Crippen MR) is 75.1 cm³/mol. The molecule has 0 bridgehead atoms. The van der Waals surface area contributed by atoms with Gasteiger partial charge in [0.25, 0.3) is 0 Å². The minimum absolute atomic E-state index is 0.0174. The van der Waals surface area contributed by atoms with Crippen LogP contribution in [0.4, 0.5) is 4.39 Å². The van der Waals surface area contributed by atoms with Gasteiger partial charge in [0.05, 0.1) is 13.2 Å². The Labute approximate surface area is 118 Å². The van der Waals surface area contributed by atoms with E-state index in [9.17, 15) is 9.18 Å². The summed E-state index contributed by atoms with van der Waals surface area (Å²) in [7, 11) is 1.60. The van der Waals surface area contributed by atoms with Gasteiger partial charge in [0.15, 0.2) is 0 Å². The van der Waals surface area contributed by atoms with Gasteiger partial charge in [-0.15, -0.1) is 0 Å². The third-order valence-corrected chi connectivity index (χ3v) is 3.64. The Morgan fingerprint density at radius 1 is 1.45 bits per heavy atom. The van der Waals surface area contributed by atoms with Crippen LogP contribution in [0.2, 0.25) is 0 Å². The molecular weight excluding hydrogens is 259 g/mol. The van der Waals surface area contributed by atoms with Gasteiger partial charge in [0, 0.05) is 19.7 Å². The van der Waals surface area contributed by atoms with Crippen molar-refractivity contribution in [2.45, 2.75) is 24.8 Å². The van der Waals surface area contributed by atoms with E-state index in [-0.39, 0.29) is 11.7 Å². The number of hydrogen-bond donors (Lipinski definition) is 2. The molecule has 0 spiro atoms. The van der Waals surface area contributed by atoms with Crippen LogP contribution >= 0.6 is 0 Å². The first-order valence-electron chi connectivity index (χ1n) is 6.93. The summed E-state index contributed by atoms with van der Waals surface area (Å²) in [5, 5.41) is 5.97. The Bertz CT molecular complexity index is 447. The zero-order valence-electron chi connectivity index (χ0n) is 11.7. The van der Waals surface area contributed by atoms with E-state index in [1.54, 1.807) is 19.2 Å². The second kappa shape index (κ2) is 7.36. The van der Waals surface area contributed by atoms with E-state index >= 15 is 0 Å². The van der Waals surface area contributed by atoms with Gasteiger partial charge in [-0.05, 0) is 36.5 Å². The van der Waals surface area contributed by atoms with Gasteiger partial charge < -0.3 is 15.4 Å². The molecule has 1 aliphatic rings. The third-order valence-electron chi connectivity index (χ3n) is 3.64. The molecule has 5 heteroatoms. The lowest BCUT2D eigenvalue weighted by atomic mass is 9.76. The number of methoxy groups -OCH3 is 1. The average Bonchev–Trinajstić information content (AvgIpc) is 2.37. The first-order valence-corrected chi connectivity index (χ1v) is 6.93. The molecule has 1 fully saturated rings. The monoisotopic (exact) mass is 280 g/mol. The minimum atomic E-state index is -0.184. The van der Waals surface area contributed by atoms with Crippen LogP contribution in [0.1, 0.15) is 24.3 Å². The number of amides is 1. The van der Waals surface area contributed by atoms with Gasteiger partial charge in [-0.2, -0.15) is 0 Å². The van der Waals surface area contributed by atoms with Gasteiger partial charge in [0.1, 0.15) is 5.82 Å². The maximum absolute atomic E-state index is 13.1. The van der Waals surface area contributed by atoms with E-state index in [0.29, 0.717) is 31.7 Å². The number of carbonyl (C=O) groups excluding carboxylic acids is 1. The summed E-state index contributed by atoms with van der Waals surface area (Å²) in [6.45, 7) is 1.38. The summed E-state index contributed by atoms with van der Waals surface area (Å²) in [5.41, 5.74) is 1.05. The second-order valence-electron chi connectivity index (χ2n) is 5.14. The van der Waals surface area contributed by atoms with Crippen molar-refractivity contribution in [2.75, 3.05) is 26.8 Å². The highest BCUT2D eigenvalue weighted by Gasteiger charge is 2.30. The minimum Gasteiger partial charge on any atom is -0.383 e. The van der Waals surface area contributed by atoms with Crippen molar-refractivity contribution >= 4 is 5.91 Å². The molecule has 0 aromatic heterocycles. The van der Waals surface area contributed by atoms with Crippen molar-refractivity contribution in [3.05, 3.63) is 35.6 Å². The number of ether oxygens (including phenoxy) is 1. The molecule has 4 nitrogen and oxygen atoms in total. The van der Waals surface area contributed by atoms with Crippen molar-refractivity contribution in [3.8, 4) is 0 Å². The lowest BCUT2D eigenvalue weighted by molar-refractivity contribution is -0.120. The molecule has 20 heavy (non-hydrogen) atoms. The standard InChI is InChI=1S/C15H21FN2O2/c1-20-6-5-17-15(19)10-18-14-8-12(9-14)11-3-2-4-13(16)7-11/h2-4,7,12,14,18H,5-6,8-10H2,1H3,(H,17,19). The van der Waals surface area contributed by atoms with Gasteiger partial charge in [-0.3, -0.25) is 4.79 Å². The summed E-state index contributed by atoms with van der Waals surface area (Å²) >= 11 is 0. The second-order valence-corrected chi connectivity index (χ2v) is 5.14. The van der Waals surface area contributed by atoms with E-state index in [2.05, 4.69) is 10.6 Å². The zero-order valence-corrected chi connectivity index (χ0v) is 11.7. The van der Waals surface area contributed by atoms with Crippen molar-refractivity contribution in [1.82, 2.24) is 10.6 Å². The van der Waals surface area contributed by atoms with Crippen LogP contribution in [0.3, 0.4) is 0 Å². The van der Waals surface area contributed by atoms with Gasteiger partial charge in [-0.1, -0.05) is 12.1 Å². The Morgan fingerprint density at radius 2 is 2.25 bits per heavy atom. The molecule has 0 heterocycles. The van der Waals surface area contributed by atoms with Gasteiger partial charge >= 0.3 is 0 Å². The van der Waals surface area contributed by atoms with Crippen LogP contribution in [0.5, 0.6) is 0 Å². The van der Waals surface area contributed by atoms with Crippen LogP contribution in [0, 0.1) is 5.82 Å². The van der Waals surface area contributed by atoms with Crippen molar-refractivity contribution < 1.29 is 13.9 Å². The number of halogens is 1. The topological polar surface area (TPSA) is 50.4 Å². The Balaban J connectivity index is 1.63. The molecular formula is C15H21FN2O2. The summed E-state index contributed by atoms with van der Waals surface area (Å²) in [5.74, 6) is 0.201. The number of nitrogens with one attached hydrogen (secondary N) is 2. The van der Waals surface area contributed by atoms with Crippen molar-refractivity contribution in [2.24, 2.45) is 0 Å². The SMILES string of the molecule is COCCNC(=O)CNC1CC(c2cccc(F)c2)C1. The fourth-order valence-corrected chi connectivity index (χ4v) is 2.41. The maximum Gasteiger partial charge on any atom is 0.234 e. The third kappa shape index (κ3) is 4.28. The number of benzene rings is 1. The molecule has 110 valence electrons. The molecule has 1 amide bonds. The predicted octanol–water partition coefficient (Wildman–Crippen LogP) is 1.42. The maximum atomic E-state index is 13.1. The molecule has 0 atom stereocenters. The van der Waals surface area contributed by atoms with Gasteiger partial charge in [0.2, 0.25) is 5.91 Å². The number of carbonyl (C=O) groups is 1. The Kier molecular flexibility index (Phi) is 5.49. The number of hydrogen-bond acceptors (Lipinski definition) is 3. The van der Waals surface area contributed by atoms with Crippen LogP contribution in [0.15, 0.2) is 24.3 Å². The molecule has 1 saturated carbocycles. The highest BCUT2D eigenvalue weighted by atomic mass is 19.1. The van der Waals surface area contributed by atoms with Crippen LogP contribution in [0.25, 0.3) is 0 Å². The highest BCUT2D eigenvalue weighted by Crippen LogP contribution is 2.36. The molecule has 1 aromatic rings. The fraction of sp³-hybridized carbons (Fsp3) is 0.533. The Hall–Kier alpha value is -1.46. The van der Waals surface area contributed by atoms with Crippen LogP contribution < -0.4 is 10.6 Å². The molecule has 1 aliphatic carbocycles. The van der Waals surface area contributed by atoms with E-state index in [0.717, 1.165) is 18.4 Å². The molecule has 2 N–H and O–H groups in total. The summed E-state index contributed by atoms with van der Waals surface area (Å²) in [4.78, 5) is 11.5. The molecule has 0 unspecified atom stereocenters. The average molecular weight is 280 g/mol. The zero-order chi connectivity index (χ0) is 14.4. The van der Waals surface area contributed by atoms with Crippen LogP contribution in [-0.2, 0) is 9.53 Å².